The molecule has 1 saturated carbocycles. The van der Waals surface area contributed by atoms with Crippen molar-refractivity contribution in [3.05, 3.63) is 22.8 Å². The topological polar surface area (TPSA) is 28.2 Å². The van der Waals surface area contributed by atoms with E-state index in [1.807, 2.05) is 14.1 Å². The SMILES string of the molecule is CN(C)C1(CNc2cc(C(F)(F)F)cc(Cl)n2)CCCC1. The van der Waals surface area contributed by atoms with Crippen molar-refractivity contribution in [2.45, 2.75) is 37.4 Å². The molecule has 1 fully saturated rings. The molecule has 118 valence electrons. The third-order valence-electron chi connectivity index (χ3n) is 4.20. The van der Waals surface area contributed by atoms with Crippen molar-refractivity contribution < 1.29 is 13.2 Å². The minimum Gasteiger partial charge on any atom is -0.368 e. The summed E-state index contributed by atoms with van der Waals surface area (Å²) >= 11 is 5.69. The fourth-order valence-corrected chi connectivity index (χ4v) is 3.03. The van der Waals surface area contributed by atoms with Crippen LogP contribution in [0.4, 0.5) is 19.0 Å². The summed E-state index contributed by atoms with van der Waals surface area (Å²) in [5, 5.41) is 2.87. The smallest absolute Gasteiger partial charge is 0.368 e. The average molecular weight is 322 g/mol. The monoisotopic (exact) mass is 321 g/mol. The Hall–Kier alpha value is -1.01. The van der Waals surface area contributed by atoms with Crippen LogP contribution in [0.3, 0.4) is 0 Å². The molecule has 7 heteroatoms. The van der Waals surface area contributed by atoms with E-state index >= 15 is 0 Å². The van der Waals surface area contributed by atoms with Gasteiger partial charge in [-0.3, -0.25) is 0 Å². The summed E-state index contributed by atoms with van der Waals surface area (Å²) in [4.78, 5) is 6.08. The molecule has 0 bridgehead atoms. The fraction of sp³-hybridized carbons (Fsp3) is 0.643. The van der Waals surface area contributed by atoms with Crippen LogP contribution in [0, 0.1) is 0 Å². The van der Waals surface area contributed by atoms with E-state index in [1.54, 1.807) is 0 Å². The van der Waals surface area contributed by atoms with Crippen LogP contribution < -0.4 is 5.32 Å². The normalized spacial score (nSPS) is 18.2. The molecule has 1 aliphatic rings. The Morgan fingerprint density at radius 2 is 1.90 bits per heavy atom. The van der Waals surface area contributed by atoms with Crippen molar-refractivity contribution in [3.8, 4) is 0 Å². The van der Waals surface area contributed by atoms with Gasteiger partial charge in [-0.15, -0.1) is 0 Å². The highest BCUT2D eigenvalue weighted by Crippen LogP contribution is 2.35. The number of aromatic nitrogens is 1. The minimum absolute atomic E-state index is 0.0254. The summed E-state index contributed by atoms with van der Waals surface area (Å²) in [6, 6.07) is 1.84. The maximum Gasteiger partial charge on any atom is 0.416 e. The summed E-state index contributed by atoms with van der Waals surface area (Å²) in [5.74, 6) is 0.169. The van der Waals surface area contributed by atoms with E-state index < -0.39 is 11.7 Å². The summed E-state index contributed by atoms with van der Waals surface area (Å²) < 4.78 is 38.3. The number of nitrogens with zero attached hydrogens (tertiary/aromatic N) is 2. The lowest BCUT2D eigenvalue weighted by Crippen LogP contribution is -2.47. The van der Waals surface area contributed by atoms with Gasteiger partial charge in [0.2, 0.25) is 0 Å². The molecule has 1 N–H and O–H groups in total. The first kappa shape index (κ1) is 16.4. The quantitative estimate of drug-likeness (QED) is 0.848. The number of rotatable bonds is 4. The summed E-state index contributed by atoms with van der Waals surface area (Å²) in [6.45, 7) is 0.560. The van der Waals surface area contributed by atoms with Gasteiger partial charge in [0.1, 0.15) is 11.0 Å². The molecule has 1 aromatic rings. The molecule has 0 aromatic carbocycles. The summed E-state index contributed by atoms with van der Waals surface area (Å²) in [7, 11) is 4.00. The lowest BCUT2D eigenvalue weighted by molar-refractivity contribution is -0.137. The zero-order valence-corrected chi connectivity index (χ0v) is 12.9. The van der Waals surface area contributed by atoms with Crippen molar-refractivity contribution in [2.24, 2.45) is 0 Å². The van der Waals surface area contributed by atoms with Crippen LogP contribution in [0.5, 0.6) is 0 Å². The highest BCUT2D eigenvalue weighted by Gasteiger charge is 2.36. The standard InChI is InChI=1S/C14H19ClF3N3/c1-21(2)13(5-3-4-6-13)9-19-12-8-10(14(16,17)18)7-11(15)20-12/h7-8H,3-6,9H2,1-2H3,(H,19,20). The third kappa shape index (κ3) is 3.80. The molecule has 0 saturated heterocycles. The maximum atomic E-state index is 12.8. The Bertz CT molecular complexity index is 497. The number of hydrogen-bond acceptors (Lipinski definition) is 3. The Morgan fingerprint density at radius 3 is 2.43 bits per heavy atom. The Balaban J connectivity index is 2.14. The van der Waals surface area contributed by atoms with E-state index in [2.05, 4.69) is 15.2 Å². The van der Waals surface area contributed by atoms with Gasteiger partial charge in [0, 0.05) is 12.1 Å². The number of pyridine rings is 1. The van der Waals surface area contributed by atoms with Crippen LogP contribution in [0.2, 0.25) is 5.15 Å². The number of nitrogens with one attached hydrogen (secondary N) is 1. The number of halogens is 4. The number of alkyl halides is 3. The van der Waals surface area contributed by atoms with Crippen LogP contribution in [-0.4, -0.2) is 36.1 Å². The first-order valence-electron chi connectivity index (χ1n) is 6.89. The molecule has 1 heterocycles. The van der Waals surface area contributed by atoms with Gasteiger partial charge in [-0.05, 0) is 39.1 Å². The molecule has 0 aliphatic heterocycles. The summed E-state index contributed by atoms with van der Waals surface area (Å²) in [5.41, 5.74) is -0.808. The molecule has 0 atom stereocenters. The first-order valence-corrected chi connectivity index (χ1v) is 7.27. The third-order valence-corrected chi connectivity index (χ3v) is 4.40. The molecule has 0 amide bonds. The second-order valence-corrected chi connectivity index (χ2v) is 6.13. The molecule has 1 aromatic heterocycles. The molecule has 0 radical (unpaired) electrons. The van der Waals surface area contributed by atoms with E-state index in [0.29, 0.717) is 6.54 Å². The average Bonchev–Trinajstić information content (AvgIpc) is 2.85. The lowest BCUT2D eigenvalue weighted by atomic mass is 9.96. The number of hydrogen-bond donors (Lipinski definition) is 1. The molecular formula is C14H19ClF3N3. The van der Waals surface area contributed by atoms with Crippen LogP contribution in [0.15, 0.2) is 12.1 Å². The van der Waals surface area contributed by atoms with Gasteiger partial charge in [0.25, 0.3) is 0 Å². The van der Waals surface area contributed by atoms with E-state index in [0.717, 1.165) is 37.8 Å². The van der Waals surface area contributed by atoms with E-state index in [9.17, 15) is 13.2 Å². The Morgan fingerprint density at radius 1 is 1.29 bits per heavy atom. The van der Waals surface area contributed by atoms with E-state index in [1.165, 1.54) is 0 Å². The van der Waals surface area contributed by atoms with Crippen molar-refractivity contribution in [2.75, 3.05) is 26.0 Å². The molecule has 1 aliphatic carbocycles. The Kier molecular flexibility index (Phi) is 4.68. The minimum atomic E-state index is -4.42. The first-order chi connectivity index (χ1) is 9.73. The van der Waals surface area contributed by atoms with Crippen LogP contribution >= 0.6 is 11.6 Å². The zero-order chi connectivity index (χ0) is 15.7. The Labute approximate surface area is 127 Å². The van der Waals surface area contributed by atoms with E-state index in [-0.39, 0.29) is 16.5 Å². The lowest BCUT2D eigenvalue weighted by Gasteiger charge is -2.36. The van der Waals surface area contributed by atoms with Crippen LogP contribution in [-0.2, 0) is 6.18 Å². The van der Waals surface area contributed by atoms with Crippen molar-refractivity contribution >= 4 is 17.4 Å². The maximum absolute atomic E-state index is 12.8. The van der Waals surface area contributed by atoms with Gasteiger partial charge in [0.05, 0.1) is 5.56 Å². The summed E-state index contributed by atoms with van der Waals surface area (Å²) in [6.07, 6.45) is -0.0950. The van der Waals surface area contributed by atoms with Crippen LogP contribution in [0.1, 0.15) is 31.2 Å². The van der Waals surface area contributed by atoms with Gasteiger partial charge in [-0.25, -0.2) is 4.98 Å². The highest BCUT2D eigenvalue weighted by molar-refractivity contribution is 6.29. The highest BCUT2D eigenvalue weighted by atomic mass is 35.5. The van der Waals surface area contributed by atoms with Gasteiger partial charge in [-0.1, -0.05) is 24.4 Å². The van der Waals surface area contributed by atoms with Crippen molar-refractivity contribution in [3.63, 3.8) is 0 Å². The number of anilines is 1. The molecule has 21 heavy (non-hydrogen) atoms. The fourth-order valence-electron chi connectivity index (χ4n) is 2.82. The largest absolute Gasteiger partial charge is 0.416 e. The van der Waals surface area contributed by atoms with Gasteiger partial charge in [0.15, 0.2) is 0 Å². The zero-order valence-electron chi connectivity index (χ0n) is 12.1. The van der Waals surface area contributed by atoms with Crippen molar-refractivity contribution in [1.82, 2.24) is 9.88 Å². The molecule has 0 spiro atoms. The number of likely N-dealkylation sites (N-methyl/N-ethyl adjacent to an activating group) is 1. The van der Waals surface area contributed by atoms with Gasteiger partial charge in [-0.2, -0.15) is 13.2 Å². The van der Waals surface area contributed by atoms with E-state index in [4.69, 9.17) is 11.6 Å². The predicted molar refractivity (Wildman–Crippen MR) is 77.6 cm³/mol. The van der Waals surface area contributed by atoms with Crippen molar-refractivity contribution in [1.29, 1.82) is 0 Å². The van der Waals surface area contributed by atoms with Gasteiger partial charge >= 0.3 is 6.18 Å². The second kappa shape index (κ2) is 6.01. The second-order valence-electron chi connectivity index (χ2n) is 5.74. The molecule has 3 nitrogen and oxygen atoms in total. The molecular weight excluding hydrogens is 303 g/mol. The predicted octanol–water partition coefficient (Wildman–Crippen LogP) is 4.04. The molecule has 0 unspecified atom stereocenters. The molecule has 2 rings (SSSR count). The van der Waals surface area contributed by atoms with Gasteiger partial charge < -0.3 is 10.2 Å². The van der Waals surface area contributed by atoms with Crippen LogP contribution in [0.25, 0.3) is 0 Å².